The van der Waals surface area contributed by atoms with Gasteiger partial charge in [0.1, 0.15) is 18.3 Å². The van der Waals surface area contributed by atoms with Gasteiger partial charge in [-0.15, -0.1) is 0 Å². The Morgan fingerprint density at radius 3 is 2.73 bits per heavy atom. The van der Waals surface area contributed by atoms with Crippen LogP contribution in [0.15, 0.2) is 35.7 Å². The standard InChI is InChI=1S/C20H23F2NO3/c21-16-8-4-14(5-9-16)13-26-19-11-10-17(22)18(23-19)3-1-2-12-25-20(24)15-6-7-15/h4,8,10-11,15H,1-3,5-7,9,12-13H2. The van der Waals surface area contributed by atoms with Crippen molar-refractivity contribution in [2.24, 2.45) is 5.92 Å². The normalized spacial score (nSPS) is 16.7. The molecular formula is C20H23F2NO3. The first-order chi connectivity index (χ1) is 12.6. The number of rotatable bonds is 9. The van der Waals surface area contributed by atoms with E-state index in [1.807, 2.05) is 0 Å². The number of hydrogen-bond acceptors (Lipinski definition) is 4. The fourth-order valence-electron chi connectivity index (χ4n) is 2.67. The van der Waals surface area contributed by atoms with E-state index in [2.05, 4.69) is 4.98 Å². The molecule has 0 aromatic carbocycles. The van der Waals surface area contributed by atoms with Crippen molar-refractivity contribution in [3.05, 3.63) is 47.2 Å². The van der Waals surface area contributed by atoms with Gasteiger partial charge >= 0.3 is 5.97 Å². The van der Waals surface area contributed by atoms with E-state index in [0.29, 0.717) is 56.9 Å². The summed E-state index contributed by atoms with van der Waals surface area (Å²) in [6, 6.07) is 2.84. The zero-order valence-corrected chi connectivity index (χ0v) is 14.7. The molecule has 2 aliphatic carbocycles. The SMILES string of the molecule is O=C(OCCCCc1nc(OCC2=CC=C(F)CC2)ccc1F)C1CC1. The number of nitrogens with zero attached hydrogens (tertiary/aromatic N) is 1. The van der Waals surface area contributed by atoms with Gasteiger partial charge < -0.3 is 9.47 Å². The first-order valence-corrected chi connectivity index (χ1v) is 9.11. The minimum atomic E-state index is -0.366. The quantitative estimate of drug-likeness (QED) is 0.480. The van der Waals surface area contributed by atoms with Crippen LogP contribution in [0.3, 0.4) is 0 Å². The van der Waals surface area contributed by atoms with Gasteiger partial charge in [-0.05, 0) is 56.2 Å². The molecule has 0 bridgehead atoms. The van der Waals surface area contributed by atoms with Crippen LogP contribution in [0.25, 0.3) is 0 Å². The van der Waals surface area contributed by atoms with Gasteiger partial charge in [-0.25, -0.2) is 13.8 Å². The maximum Gasteiger partial charge on any atom is 0.308 e. The lowest BCUT2D eigenvalue weighted by Crippen LogP contribution is -2.08. The van der Waals surface area contributed by atoms with Crippen LogP contribution in [0.1, 0.15) is 44.2 Å². The monoisotopic (exact) mass is 363 g/mol. The largest absolute Gasteiger partial charge is 0.473 e. The Morgan fingerprint density at radius 1 is 1.15 bits per heavy atom. The van der Waals surface area contributed by atoms with Gasteiger partial charge in [0.15, 0.2) is 0 Å². The minimum Gasteiger partial charge on any atom is -0.473 e. The number of carbonyl (C=O) groups excluding carboxylic acids is 1. The number of pyridine rings is 1. The summed E-state index contributed by atoms with van der Waals surface area (Å²) in [5.74, 6) is -0.142. The number of esters is 1. The zero-order valence-electron chi connectivity index (χ0n) is 14.7. The van der Waals surface area contributed by atoms with E-state index in [1.54, 1.807) is 6.08 Å². The second-order valence-electron chi connectivity index (χ2n) is 6.70. The highest BCUT2D eigenvalue weighted by Crippen LogP contribution is 2.30. The average Bonchev–Trinajstić information content (AvgIpc) is 3.48. The Balaban J connectivity index is 1.42. The number of unbranched alkanes of at least 4 members (excludes halogenated alkanes) is 1. The summed E-state index contributed by atoms with van der Waals surface area (Å²) in [5, 5.41) is 0. The summed E-state index contributed by atoms with van der Waals surface area (Å²) in [7, 11) is 0. The van der Waals surface area contributed by atoms with E-state index in [9.17, 15) is 13.6 Å². The van der Waals surface area contributed by atoms with Crippen LogP contribution < -0.4 is 4.74 Å². The Kier molecular flexibility index (Phi) is 6.36. The van der Waals surface area contributed by atoms with Crippen molar-refractivity contribution in [2.45, 2.75) is 44.9 Å². The van der Waals surface area contributed by atoms with Gasteiger partial charge in [-0.1, -0.05) is 6.08 Å². The predicted molar refractivity (Wildman–Crippen MR) is 92.8 cm³/mol. The fraction of sp³-hybridized carbons (Fsp3) is 0.500. The zero-order chi connectivity index (χ0) is 18.4. The van der Waals surface area contributed by atoms with Gasteiger partial charge in [0.25, 0.3) is 0 Å². The molecule has 0 saturated heterocycles. The Hall–Kier alpha value is -2.24. The number of allylic oxidation sites excluding steroid dienone is 3. The molecule has 1 heterocycles. The molecule has 0 N–H and O–H groups in total. The molecular weight excluding hydrogens is 340 g/mol. The third-order valence-electron chi connectivity index (χ3n) is 4.45. The van der Waals surface area contributed by atoms with Crippen molar-refractivity contribution in [3.8, 4) is 5.88 Å². The lowest BCUT2D eigenvalue weighted by atomic mass is 10.1. The third-order valence-corrected chi connectivity index (χ3v) is 4.45. The van der Waals surface area contributed by atoms with Gasteiger partial charge in [0, 0.05) is 12.5 Å². The number of halogens is 2. The van der Waals surface area contributed by atoms with Crippen LogP contribution in [-0.2, 0) is 16.0 Å². The summed E-state index contributed by atoms with van der Waals surface area (Å²) in [6.07, 6.45) is 7.86. The number of aryl methyl sites for hydroxylation is 1. The second-order valence-corrected chi connectivity index (χ2v) is 6.70. The van der Waals surface area contributed by atoms with Crippen molar-refractivity contribution in [3.63, 3.8) is 0 Å². The Labute approximate surface area is 151 Å². The molecule has 0 aliphatic heterocycles. The van der Waals surface area contributed by atoms with Crippen LogP contribution in [0, 0.1) is 11.7 Å². The highest BCUT2D eigenvalue weighted by molar-refractivity contribution is 5.74. The highest BCUT2D eigenvalue weighted by atomic mass is 19.1. The predicted octanol–water partition coefficient (Wildman–Crippen LogP) is 4.45. The number of ether oxygens (including phenoxy) is 2. The molecule has 1 saturated carbocycles. The lowest BCUT2D eigenvalue weighted by molar-refractivity contribution is -0.145. The van der Waals surface area contributed by atoms with Gasteiger partial charge in [0.05, 0.1) is 18.2 Å². The maximum absolute atomic E-state index is 13.9. The first-order valence-electron chi connectivity index (χ1n) is 9.11. The van der Waals surface area contributed by atoms with Crippen LogP contribution in [0.2, 0.25) is 0 Å². The Bertz CT molecular complexity index is 711. The molecule has 0 spiro atoms. The first kappa shape index (κ1) is 18.5. The number of carbonyl (C=O) groups is 1. The van der Waals surface area contributed by atoms with E-state index >= 15 is 0 Å². The van der Waals surface area contributed by atoms with Gasteiger partial charge in [-0.2, -0.15) is 0 Å². The average molecular weight is 363 g/mol. The van der Waals surface area contributed by atoms with Gasteiger partial charge in [0.2, 0.25) is 5.88 Å². The molecule has 3 rings (SSSR count). The minimum absolute atomic E-state index is 0.106. The van der Waals surface area contributed by atoms with Crippen LogP contribution in [0.4, 0.5) is 8.78 Å². The van der Waals surface area contributed by atoms with E-state index < -0.39 is 0 Å². The molecule has 1 aromatic rings. The van der Waals surface area contributed by atoms with E-state index in [0.717, 1.165) is 18.4 Å². The molecule has 26 heavy (non-hydrogen) atoms. The molecule has 0 atom stereocenters. The molecule has 4 nitrogen and oxygen atoms in total. The van der Waals surface area contributed by atoms with Crippen molar-refractivity contribution >= 4 is 5.97 Å². The molecule has 2 aliphatic rings. The van der Waals surface area contributed by atoms with Crippen molar-refractivity contribution in [1.29, 1.82) is 0 Å². The molecule has 140 valence electrons. The molecule has 0 radical (unpaired) electrons. The van der Waals surface area contributed by atoms with Crippen LogP contribution >= 0.6 is 0 Å². The Morgan fingerprint density at radius 2 is 2.00 bits per heavy atom. The van der Waals surface area contributed by atoms with Crippen molar-refractivity contribution < 1.29 is 23.0 Å². The summed E-state index contributed by atoms with van der Waals surface area (Å²) in [6.45, 7) is 0.685. The summed E-state index contributed by atoms with van der Waals surface area (Å²) in [5.41, 5.74) is 1.33. The smallest absolute Gasteiger partial charge is 0.308 e. The van der Waals surface area contributed by atoms with E-state index in [-0.39, 0.29) is 23.5 Å². The highest BCUT2D eigenvalue weighted by Gasteiger charge is 2.30. The summed E-state index contributed by atoms with van der Waals surface area (Å²) < 4.78 is 37.6. The molecule has 0 amide bonds. The summed E-state index contributed by atoms with van der Waals surface area (Å²) >= 11 is 0. The van der Waals surface area contributed by atoms with Crippen LogP contribution in [-0.4, -0.2) is 24.2 Å². The maximum atomic E-state index is 13.9. The summed E-state index contributed by atoms with van der Waals surface area (Å²) in [4.78, 5) is 15.6. The van der Waals surface area contributed by atoms with Crippen molar-refractivity contribution in [1.82, 2.24) is 4.98 Å². The third kappa shape index (κ3) is 5.64. The number of hydrogen-bond donors (Lipinski definition) is 0. The second kappa shape index (κ2) is 8.92. The molecule has 1 aromatic heterocycles. The van der Waals surface area contributed by atoms with Crippen LogP contribution in [0.5, 0.6) is 5.88 Å². The van der Waals surface area contributed by atoms with Crippen molar-refractivity contribution in [2.75, 3.05) is 13.2 Å². The number of aromatic nitrogens is 1. The lowest BCUT2D eigenvalue weighted by Gasteiger charge is -2.12. The molecule has 0 unspecified atom stereocenters. The van der Waals surface area contributed by atoms with E-state index in [1.165, 1.54) is 18.2 Å². The van der Waals surface area contributed by atoms with E-state index in [4.69, 9.17) is 9.47 Å². The topological polar surface area (TPSA) is 48.4 Å². The molecule has 1 fully saturated rings. The fourth-order valence-corrected chi connectivity index (χ4v) is 2.67. The van der Waals surface area contributed by atoms with Gasteiger partial charge in [-0.3, -0.25) is 4.79 Å². The molecule has 6 heteroatoms.